The lowest BCUT2D eigenvalue weighted by Gasteiger charge is -2.43. The van der Waals surface area contributed by atoms with E-state index in [0.717, 1.165) is 6.42 Å². The molecule has 1 aliphatic carbocycles. The van der Waals surface area contributed by atoms with Crippen LogP contribution in [0.3, 0.4) is 0 Å². The maximum absolute atomic E-state index is 15.1. The number of benzene rings is 1. The lowest BCUT2D eigenvalue weighted by molar-refractivity contribution is -0.123. The minimum Gasteiger partial charge on any atom is -0.491 e. The van der Waals surface area contributed by atoms with Crippen LogP contribution in [0.4, 0.5) is 21.6 Å². The van der Waals surface area contributed by atoms with Gasteiger partial charge in [-0.3, -0.25) is 9.69 Å². The highest BCUT2D eigenvalue weighted by Gasteiger charge is 2.60. The van der Waals surface area contributed by atoms with E-state index < -0.39 is 11.4 Å². The fraction of sp³-hybridized carbons (Fsp3) is 0.364. The molecule has 1 spiro atoms. The number of aromatic nitrogens is 1. The van der Waals surface area contributed by atoms with Gasteiger partial charge in [-0.15, -0.1) is 4.98 Å². The molecule has 1 aromatic carbocycles. The number of carbonyl (C=O) groups is 1. The first-order chi connectivity index (χ1) is 14.9. The van der Waals surface area contributed by atoms with Gasteiger partial charge in [0.1, 0.15) is 24.1 Å². The van der Waals surface area contributed by atoms with E-state index >= 15 is 4.39 Å². The first kappa shape index (κ1) is 21.2. The zero-order valence-electron chi connectivity index (χ0n) is 17.2. The Kier molecular flexibility index (Phi) is 5.60. The van der Waals surface area contributed by atoms with E-state index in [1.807, 2.05) is 0 Å². The molecule has 1 saturated carbocycles. The number of amides is 1. The Morgan fingerprint density at radius 2 is 2.10 bits per heavy atom. The van der Waals surface area contributed by atoms with Crippen LogP contribution in [-0.4, -0.2) is 41.9 Å². The lowest BCUT2D eigenvalue weighted by atomic mass is 9.75. The van der Waals surface area contributed by atoms with E-state index in [-0.39, 0.29) is 22.5 Å². The number of methoxy groups -OCH3 is 1. The predicted octanol–water partition coefficient (Wildman–Crippen LogP) is 4.17. The van der Waals surface area contributed by atoms with Gasteiger partial charge in [-0.05, 0) is 62.2 Å². The molecule has 1 aromatic heterocycles. The second kappa shape index (κ2) is 8.21. The summed E-state index contributed by atoms with van der Waals surface area (Å²) in [7, 11) is 1.56. The number of aryl methyl sites for hydroxylation is 1. The maximum Gasteiger partial charge on any atom is 0.272 e. The number of thiocarbonyl (C=S) groups is 1. The normalized spacial score (nSPS) is 17.1. The number of nitrogens with zero attached hydrogens (tertiary/aromatic N) is 4. The average Bonchev–Trinajstić information content (AvgIpc) is 2.95. The molecule has 2 aromatic rings. The number of ether oxygens (including phenoxy) is 2. The molecule has 0 bridgehead atoms. The van der Waals surface area contributed by atoms with Gasteiger partial charge in [0.05, 0.1) is 18.0 Å². The van der Waals surface area contributed by atoms with Crippen molar-refractivity contribution < 1.29 is 18.7 Å². The molecule has 0 unspecified atom stereocenters. The molecule has 0 atom stereocenters. The van der Waals surface area contributed by atoms with Crippen LogP contribution in [0.5, 0.6) is 5.75 Å². The van der Waals surface area contributed by atoms with Crippen molar-refractivity contribution in [3.63, 3.8) is 0 Å². The lowest BCUT2D eigenvalue weighted by Crippen LogP contribution is -2.55. The first-order valence-corrected chi connectivity index (χ1v) is 10.3. The van der Waals surface area contributed by atoms with Crippen molar-refractivity contribution in [2.45, 2.75) is 31.7 Å². The molecule has 0 radical (unpaired) electrons. The molecular formula is C22H21FN4O3S. The highest BCUT2D eigenvalue weighted by atomic mass is 32.1. The molecule has 1 saturated heterocycles. The molecule has 1 amide bonds. The summed E-state index contributed by atoms with van der Waals surface area (Å²) in [6.07, 6.45) is 3.48. The second-order valence-corrected chi connectivity index (χ2v) is 7.91. The summed E-state index contributed by atoms with van der Waals surface area (Å²) in [6, 6.07) is 6.26. The molecule has 1 aliphatic heterocycles. The number of carbonyl (C=O) groups excluding carboxylic acids is 1. The summed E-state index contributed by atoms with van der Waals surface area (Å²) in [5.74, 6) is -0.0633. The Morgan fingerprint density at radius 1 is 1.32 bits per heavy atom. The van der Waals surface area contributed by atoms with Crippen LogP contribution in [-0.2, 0) is 9.53 Å². The van der Waals surface area contributed by atoms with Crippen LogP contribution in [0.15, 0.2) is 30.5 Å². The Hall–Kier alpha value is -3.09. The van der Waals surface area contributed by atoms with Crippen molar-refractivity contribution in [3.05, 3.63) is 53.3 Å². The standard InChI is InChI=1S/C22H21FN4O3S/c1-14-11-15(13-25-19(14)24-2)26-20(28)22(7-4-8-22)27(21(26)31)18-6-5-16(12-17(18)23)30-10-9-29-3/h5-6,11-13H,4,7-10H2,1,3H3. The van der Waals surface area contributed by atoms with Gasteiger partial charge in [-0.1, -0.05) is 6.57 Å². The zero-order chi connectivity index (χ0) is 22.2. The van der Waals surface area contributed by atoms with Gasteiger partial charge in [-0.2, -0.15) is 0 Å². The molecule has 160 valence electrons. The van der Waals surface area contributed by atoms with Gasteiger partial charge in [0.25, 0.3) is 11.7 Å². The van der Waals surface area contributed by atoms with Crippen molar-refractivity contribution in [2.75, 3.05) is 30.1 Å². The van der Waals surface area contributed by atoms with Crippen molar-refractivity contribution in [2.24, 2.45) is 0 Å². The molecule has 2 aliphatic rings. The Morgan fingerprint density at radius 3 is 2.68 bits per heavy atom. The molecule has 4 rings (SSSR count). The summed E-state index contributed by atoms with van der Waals surface area (Å²) in [6.45, 7) is 9.63. The fourth-order valence-electron chi connectivity index (χ4n) is 3.98. The first-order valence-electron chi connectivity index (χ1n) is 9.87. The largest absolute Gasteiger partial charge is 0.491 e. The smallest absolute Gasteiger partial charge is 0.272 e. The second-order valence-electron chi connectivity index (χ2n) is 7.54. The Labute approximate surface area is 185 Å². The van der Waals surface area contributed by atoms with E-state index in [1.54, 1.807) is 37.1 Å². The quantitative estimate of drug-likeness (QED) is 0.382. The van der Waals surface area contributed by atoms with Gasteiger partial charge in [0, 0.05) is 13.2 Å². The SMILES string of the molecule is [C-]#[N+]c1ncc(N2C(=O)C3(CCC3)N(c3ccc(OCCOC)cc3F)C2=S)cc1C. The van der Waals surface area contributed by atoms with Crippen molar-refractivity contribution in [1.29, 1.82) is 0 Å². The summed E-state index contributed by atoms with van der Waals surface area (Å²) < 4.78 is 25.5. The fourth-order valence-corrected chi connectivity index (χ4v) is 4.44. The maximum atomic E-state index is 15.1. The Balaban J connectivity index is 1.70. The van der Waals surface area contributed by atoms with Crippen molar-refractivity contribution in [1.82, 2.24) is 4.98 Å². The summed E-state index contributed by atoms with van der Waals surface area (Å²) in [5, 5.41) is 0.202. The van der Waals surface area contributed by atoms with Crippen LogP contribution >= 0.6 is 12.2 Å². The number of anilines is 2. The van der Waals surface area contributed by atoms with E-state index in [4.69, 9.17) is 28.3 Å². The molecule has 2 fully saturated rings. The number of hydrogen-bond donors (Lipinski definition) is 0. The third-order valence-electron chi connectivity index (χ3n) is 5.71. The molecule has 7 nitrogen and oxygen atoms in total. The monoisotopic (exact) mass is 440 g/mol. The molecule has 31 heavy (non-hydrogen) atoms. The summed E-state index contributed by atoms with van der Waals surface area (Å²) in [4.78, 5) is 24.0. The van der Waals surface area contributed by atoms with Gasteiger partial charge < -0.3 is 19.2 Å². The van der Waals surface area contributed by atoms with Crippen LogP contribution in [0.2, 0.25) is 0 Å². The van der Waals surface area contributed by atoms with Crippen LogP contribution in [0, 0.1) is 19.3 Å². The van der Waals surface area contributed by atoms with Gasteiger partial charge in [0.2, 0.25) is 0 Å². The third kappa shape index (κ3) is 3.42. The van der Waals surface area contributed by atoms with Crippen molar-refractivity contribution in [3.8, 4) is 5.75 Å². The third-order valence-corrected chi connectivity index (χ3v) is 6.07. The minimum atomic E-state index is -0.900. The van der Waals surface area contributed by atoms with E-state index in [2.05, 4.69) is 9.83 Å². The summed E-state index contributed by atoms with van der Waals surface area (Å²) in [5.41, 5.74) is 0.464. The highest BCUT2D eigenvalue weighted by Crippen LogP contribution is 2.48. The highest BCUT2D eigenvalue weighted by molar-refractivity contribution is 7.81. The van der Waals surface area contributed by atoms with Gasteiger partial charge in [-0.25, -0.2) is 4.39 Å². The van der Waals surface area contributed by atoms with Gasteiger partial charge in [0.15, 0.2) is 10.9 Å². The molecular weight excluding hydrogens is 419 g/mol. The molecule has 2 heterocycles. The number of rotatable bonds is 6. The molecule has 9 heteroatoms. The topological polar surface area (TPSA) is 59.3 Å². The van der Waals surface area contributed by atoms with E-state index in [1.165, 1.54) is 17.2 Å². The number of hydrogen-bond acceptors (Lipinski definition) is 5. The van der Waals surface area contributed by atoms with Crippen LogP contribution in [0.25, 0.3) is 4.85 Å². The van der Waals surface area contributed by atoms with E-state index in [0.29, 0.717) is 43.1 Å². The number of pyridine rings is 1. The Bertz CT molecular complexity index is 1100. The predicted molar refractivity (Wildman–Crippen MR) is 118 cm³/mol. The number of halogens is 1. The van der Waals surface area contributed by atoms with Crippen LogP contribution < -0.4 is 14.5 Å². The molecule has 0 N–H and O–H groups in total. The van der Waals surface area contributed by atoms with Crippen LogP contribution in [0.1, 0.15) is 24.8 Å². The minimum absolute atomic E-state index is 0.194. The van der Waals surface area contributed by atoms with Crippen molar-refractivity contribution >= 4 is 40.4 Å². The summed E-state index contributed by atoms with van der Waals surface area (Å²) >= 11 is 5.66. The zero-order valence-corrected chi connectivity index (χ0v) is 18.0. The van der Waals surface area contributed by atoms with E-state index in [9.17, 15) is 4.79 Å². The average molecular weight is 441 g/mol. The van der Waals surface area contributed by atoms with Gasteiger partial charge >= 0.3 is 0 Å².